The number of hydrogen-bond acceptors (Lipinski definition) is 0. The van der Waals surface area contributed by atoms with E-state index in [1.165, 1.54) is 53.3 Å². The van der Waals surface area contributed by atoms with E-state index in [-0.39, 0.29) is 0 Å². The molecule has 0 aliphatic heterocycles. The van der Waals surface area contributed by atoms with Crippen LogP contribution in [0.2, 0.25) is 0 Å². The summed E-state index contributed by atoms with van der Waals surface area (Å²) in [6.07, 6.45) is 33.9. The Balaban J connectivity index is 0.000000687. The summed E-state index contributed by atoms with van der Waals surface area (Å²) < 4.78 is 0. The third kappa shape index (κ3) is 4.70. The summed E-state index contributed by atoms with van der Waals surface area (Å²) >= 11 is -0.826. The van der Waals surface area contributed by atoms with Crippen molar-refractivity contribution in [2.75, 3.05) is 0 Å². The third-order valence-corrected chi connectivity index (χ3v) is 5.77. The average molecular weight is 509 g/mol. The van der Waals surface area contributed by atoms with E-state index in [9.17, 15) is 0 Å². The zero-order valence-corrected chi connectivity index (χ0v) is 20.6. The molecule has 0 aromatic heterocycles. The summed E-state index contributed by atoms with van der Waals surface area (Å²) in [5.74, 6) is 12.7. The second kappa shape index (κ2) is 11.0. The Bertz CT molecular complexity index is 740. The molecule has 0 amide bonds. The van der Waals surface area contributed by atoms with Gasteiger partial charge in [0, 0.05) is 35.5 Å². The molecule has 0 aromatic rings. The summed E-state index contributed by atoms with van der Waals surface area (Å²) in [6.45, 7) is 3.93. The molecule has 2 fully saturated rings. The second-order valence-electron chi connectivity index (χ2n) is 7.37. The van der Waals surface area contributed by atoms with Crippen molar-refractivity contribution in [2.45, 2.75) is 19.3 Å². The van der Waals surface area contributed by atoms with E-state index >= 15 is 0 Å². The number of hydrogen-bond donors (Lipinski definition) is 0. The van der Waals surface area contributed by atoms with Crippen molar-refractivity contribution in [1.29, 1.82) is 0 Å². The molecule has 0 heterocycles. The van der Waals surface area contributed by atoms with Gasteiger partial charge >= 0.3 is 37.9 Å². The van der Waals surface area contributed by atoms with Crippen molar-refractivity contribution in [3.63, 3.8) is 0 Å². The van der Waals surface area contributed by atoms with Crippen LogP contribution in [-0.2, 0) is 20.8 Å². The van der Waals surface area contributed by atoms with Crippen molar-refractivity contribution >= 4 is 17.0 Å². The summed E-state index contributed by atoms with van der Waals surface area (Å²) in [5.41, 5.74) is 0. The molecule has 2 saturated carbocycles. The Morgan fingerprint density at radius 2 is 1.07 bits per heavy atom. The van der Waals surface area contributed by atoms with Gasteiger partial charge in [-0.15, -0.1) is 6.58 Å². The predicted octanol–water partition coefficient (Wildman–Crippen LogP) is 7.50. The fourth-order valence-corrected chi connectivity index (χ4v) is 4.58. The van der Waals surface area contributed by atoms with Crippen LogP contribution in [0.25, 0.3) is 0 Å². The molecular weight excluding hydrogens is 486 g/mol. The number of allylic oxidation sites excluding steroid dienone is 13. The quantitative estimate of drug-likeness (QED) is 0.338. The summed E-state index contributed by atoms with van der Waals surface area (Å²) in [7, 11) is 9.87. The molecule has 0 atom stereocenters. The van der Waals surface area contributed by atoms with Crippen LogP contribution >= 0.6 is 17.0 Å². The van der Waals surface area contributed by atoms with Gasteiger partial charge in [-0.1, -0.05) is 79.0 Å². The minimum absolute atomic E-state index is 0.826. The van der Waals surface area contributed by atoms with Crippen molar-refractivity contribution in [3.05, 3.63) is 145 Å². The predicted molar refractivity (Wildman–Crippen MR) is 124 cm³/mol. The van der Waals surface area contributed by atoms with E-state index < -0.39 is 20.8 Å². The molecule has 0 nitrogen and oxygen atoms in total. The van der Waals surface area contributed by atoms with Gasteiger partial charge in [0.15, 0.2) is 0 Å². The van der Waals surface area contributed by atoms with Gasteiger partial charge in [0.2, 0.25) is 0 Å². The Hall–Kier alpha value is -0.357. The van der Waals surface area contributed by atoms with Gasteiger partial charge < -0.3 is 0 Å². The van der Waals surface area contributed by atoms with Gasteiger partial charge in [0.05, 0.1) is 0 Å². The summed E-state index contributed by atoms with van der Waals surface area (Å²) in [6, 6.07) is 0. The monoisotopic (exact) mass is 506 g/mol. The van der Waals surface area contributed by atoms with E-state index in [0.717, 1.165) is 19.3 Å². The normalized spacial score (nSPS) is 25.3. The van der Waals surface area contributed by atoms with E-state index in [4.69, 9.17) is 17.0 Å². The third-order valence-electron chi connectivity index (χ3n) is 5.77. The molecule has 0 bridgehead atoms. The van der Waals surface area contributed by atoms with E-state index in [1.54, 1.807) is 0 Å². The first-order valence-electron chi connectivity index (χ1n) is 10.1. The molecule has 5 rings (SSSR count). The summed E-state index contributed by atoms with van der Waals surface area (Å²) in [4.78, 5) is 0. The fourth-order valence-electron chi connectivity index (χ4n) is 4.58. The molecule has 5 aliphatic rings. The topological polar surface area (TPSA) is 0 Å². The molecule has 0 spiro atoms. The van der Waals surface area contributed by atoms with Crippen LogP contribution in [0.3, 0.4) is 0 Å². The minimum atomic E-state index is -0.826. The van der Waals surface area contributed by atoms with E-state index in [2.05, 4.69) is 85.9 Å². The van der Waals surface area contributed by atoms with E-state index in [1.807, 2.05) is 6.08 Å². The molecular formula is C27H22Cl2Zr+2. The molecule has 0 N–H and O–H groups in total. The van der Waals surface area contributed by atoms with Gasteiger partial charge in [0.25, 0.3) is 0 Å². The van der Waals surface area contributed by atoms with Gasteiger partial charge in [-0.2, -0.15) is 0 Å². The Labute approximate surface area is 201 Å². The molecule has 146 valence electrons. The molecule has 3 heteroatoms. The van der Waals surface area contributed by atoms with Gasteiger partial charge in [-0.3, -0.25) is 0 Å². The van der Waals surface area contributed by atoms with Crippen LogP contribution in [0.1, 0.15) is 19.3 Å². The van der Waals surface area contributed by atoms with Gasteiger partial charge in [0.1, 0.15) is 0 Å². The summed E-state index contributed by atoms with van der Waals surface area (Å²) in [5, 5.41) is 0. The Kier molecular flexibility index (Phi) is 8.35. The molecule has 0 saturated heterocycles. The molecule has 0 aromatic carbocycles. The average Bonchev–Trinajstić information content (AvgIpc) is 3.29. The van der Waals surface area contributed by atoms with Crippen LogP contribution in [0.4, 0.5) is 0 Å². The fraction of sp³-hybridized carbons (Fsp3) is 0.111. The second-order valence-corrected chi connectivity index (χ2v) is 11.1. The number of rotatable bonds is 5. The standard InChI is InChI=1S/C27H22.2ClH.Zr/c1-2-9-19-18-20(22-11-4-3-10-21(19)22)16-17-27-25-14-7-5-12-23(25)24-13-6-8-15-26(24)27;;;/h2-8,10-15,18H,1,9,16-17H2;2*1H;/q;;;+4/p-2. The van der Waals surface area contributed by atoms with Gasteiger partial charge in [-0.25, -0.2) is 0 Å². The van der Waals surface area contributed by atoms with Crippen molar-refractivity contribution < 1.29 is 20.8 Å². The first-order chi connectivity index (χ1) is 14.8. The van der Waals surface area contributed by atoms with Crippen LogP contribution in [-0.4, -0.2) is 0 Å². The zero-order chi connectivity index (χ0) is 20.9. The Morgan fingerprint density at radius 1 is 0.633 bits per heavy atom. The van der Waals surface area contributed by atoms with Crippen molar-refractivity contribution in [1.82, 2.24) is 0 Å². The zero-order valence-electron chi connectivity index (χ0n) is 16.7. The van der Waals surface area contributed by atoms with Crippen LogP contribution in [0.5, 0.6) is 0 Å². The molecule has 30 heavy (non-hydrogen) atoms. The number of halogens is 2. The van der Waals surface area contributed by atoms with Crippen LogP contribution in [0, 0.1) is 59.7 Å². The first-order valence-corrected chi connectivity index (χ1v) is 16.4. The SMILES string of the molecule is C=CC[C]1[CH][C](CC[C]2[C]3C=CC=C[C]3[C]3C=CC=C[C]32)[C]2C=CC=C[C]12.[Cl][Zr+2][Cl]. The van der Waals surface area contributed by atoms with Crippen LogP contribution < -0.4 is 0 Å². The van der Waals surface area contributed by atoms with Crippen LogP contribution in [0.15, 0.2) is 85.6 Å². The van der Waals surface area contributed by atoms with Gasteiger partial charge in [-0.05, 0) is 43.4 Å². The maximum atomic E-state index is 4.93. The van der Waals surface area contributed by atoms with E-state index in [0.29, 0.717) is 0 Å². The molecule has 10 radical (unpaired) electrons. The van der Waals surface area contributed by atoms with Crippen molar-refractivity contribution in [3.8, 4) is 0 Å². The molecule has 5 aliphatic carbocycles. The Morgan fingerprint density at radius 3 is 1.57 bits per heavy atom. The van der Waals surface area contributed by atoms with Crippen molar-refractivity contribution in [2.24, 2.45) is 0 Å². The maximum absolute atomic E-state index is 4.93. The molecule has 0 unspecified atom stereocenters. The first kappa shape index (κ1) is 22.8. The number of fused-ring (bicyclic) bond motifs is 4.